The van der Waals surface area contributed by atoms with Crippen LogP contribution in [-0.2, 0) is 11.3 Å². The third-order valence-electron chi connectivity index (χ3n) is 5.07. The van der Waals surface area contributed by atoms with E-state index in [1.165, 1.54) is 12.1 Å². The number of benzene rings is 2. The second-order valence-electron chi connectivity index (χ2n) is 7.50. The molecule has 0 saturated carbocycles. The molecule has 7 heteroatoms. The van der Waals surface area contributed by atoms with E-state index in [1.807, 2.05) is 24.3 Å². The molecule has 0 bridgehead atoms. The van der Waals surface area contributed by atoms with Crippen LogP contribution in [0, 0.1) is 5.82 Å². The Balaban J connectivity index is 0.00000225. The third-order valence-corrected chi connectivity index (χ3v) is 5.07. The van der Waals surface area contributed by atoms with Crippen LogP contribution in [0.25, 0.3) is 0 Å². The first kappa shape index (κ1) is 20.4. The highest BCUT2D eigenvalue weighted by Crippen LogP contribution is 2.45. The van der Waals surface area contributed by atoms with Crippen molar-refractivity contribution in [3.05, 3.63) is 53.8 Å². The van der Waals surface area contributed by atoms with Gasteiger partial charge in [0.25, 0.3) is 5.91 Å². The van der Waals surface area contributed by atoms with Crippen LogP contribution in [0.2, 0.25) is 0 Å². The van der Waals surface area contributed by atoms with E-state index in [4.69, 9.17) is 4.74 Å². The summed E-state index contributed by atoms with van der Waals surface area (Å²) in [5.74, 6) is 0.291. The van der Waals surface area contributed by atoms with Gasteiger partial charge in [-0.15, -0.1) is 12.4 Å². The molecule has 1 N–H and O–H groups in total. The van der Waals surface area contributed by atoms with Crippen LogP contribution >= 0.6 is 12.4 Å². The summed E-state index contributed by atoms with van der Waals surface area (Å²) in [6, 6.07) is 12.3. The van der Waals surface area contributed by atoms with Crippen LogP contribution in [-0.4, -0.2) is 37.7 Å². The molecular weight excluding hydrogens is 381 g/mol. The van der Waals surface area contributed by atoms with Crippen molar-refractivity contribution >= 4 is 29.7 Å². The predicted molar refractivity (Wildman–Crippen MR) is 111 cm³/mol. The van der Waals surface area contributed by atoms with Crippen LogP contribution in [0.1, 0.15) is 19.4 Å². The summed E-state index contributed by atoms with van der Waals surface area (Å²) < 4.78 is 19.8. The van der Waals surface area contributed by atoms with Crippen LogP contribution in [0.3, 0.4) is 0 Å². The number of fused-ring (bicyclic) bond motifs is 1. The van der Waals surface area contributed by atoms with Crippen molar-refractivity contribution in [2.75, 3.05) is 36.0 Å². The molecule has 2 aliphatic heterocycles. The van der Waals surface area contributed by atoms with Crippen molar-refractivity contribution in [1.82, 2.24) is 5.32 Å². The minimum Gasteiger partial charge on any atom is -0.474 e. The Labute approximate surface area is 170 Å². The number of carbonyl (C=O) groups is 1. The first-order valence-corrected chi connectivity index (χ1v) is 9.30. The van der Waals surface area contributed by atoms with Gasteiger partial charge in [-0.3, -0.25) is 4.79 Å². The topological polar surface area (TPSA) is 44.8 Å². The lowest BCUT2D eigenvalue weighted by Gasteiger charge is -2.41. The van der Waals surface area contributed by atoms with E-state index in [0.717, 1.165) is 48.9 Å². The molecule has 2 aromatic carbocycles. The lowest BCUT2D eigenvalue weighted by molar-refractivity contribution is -0.132. The minimum absolute atomic E-state index is 0. The highest BCUT2D eigenvalue weighted by molar-refractivity contribution is 6.03. The standard InChI is InChI=1S/C21H24FN3O2.ClH/c1-21(2)20(26)25(14-15-5-3-6-16(22)13-15)18-8-4-7-17(19(18)27-21)24-11-9-23-10-12-24;/h3-8,13,23H,9-12,14H2,1-2H3;1H. The maximum absolute atomic E-state index is 13.6. The molecule has 0 atom stereocenters. The average Bonchev–Trinajstić information content (AvgIpc) is 2.66. The summed E-state index contributed by atoms with van der Waals surface area (Å²) in [4.78, 5) is 17.1. The van der Waals surface area contributed by atoms with Crippen LogP contribution in [0.15, 0.2) is 42.5 Å². The molecule has 0 spiro atoms. The Bertz CT molecular complexity index is 868. The van der Waals surface area contributed by atoms with Crippen LogP contribution < -0.4 is 19.9 Å². The lowest BCUT2D eigenvalue weighted by atomic mass is 10.0. The van der Waals surface area contributed by atoms with E-state index in [0.29, 0.717) is 6.54 Å². The number of hydrogen-bond donors (Lipinski definition) is 1. The molecule has 0 unspecified atom stereocenters. The second-order valence-corrected chi connectivity index (χ2v) is 7.50. The Morgan fingerprint density at radius 2 is 1.79 bits per heavy atom. The normalized spacial score (nSPS) is 18.2. The van der Waals surface area contributed by atoms with Crippen molar-refractivity contribution in [2.45, 2.75) is 26.0 Å². The Morgan fingerprint density at radius 3 is 2.50 bits per heavy atom. The van der Waals surface area contributed by atoms with Crippen molar-refractivity contribution in [2.24, 2.45) is 0 Å². The van der Waals surface area contributed by atoms with Crippen molar-refractivity contribution < 1.29 is 13.9 Å². The van der Waals surface area contributed by atoms with E-state index >= 15 is 0 Å². The zero-order valence-electron chi connectivity index (χ0n) is 16.1. The zero-order chi connectivity index (χ0) is 19.0. The molecule has 0 aromatic heterocycles. The predicted octanol–water partition coefficient (Wildman–Crippen LogP) is 3.36. The maximum Gasteiger partial charge on any atom is 0.271 e. The molecule has 5 nitrogen and oxygen atoms in total. The molecule has 150 valence electrons. The number of halogens is 2. The Kier molecular flexibility index (Phi) is 5.82. The molecule has 2 aromatic rings. The van der Waals surface area contributed by atoms with Crippen LogP contribution in [0.5, 0.6) is 5.75 Å². The highest BCUT2D eigenvalue weighted by atomic mass is 35.5. The fourth-order valence-corrected chi connectivity index (χ4v) is 3.69. The Hall–Kier alpha value is -2.31. The SMILES string of the molecule is CC1(C)Oc2c(N3CCNCC3)cccc2N(Cc2cccc(F)c2)C1=O.Cl. The molecule has 2 heterocycles. The van der Waals surface area contributed by atoms with Gasteiger partial charge in [0.1, 0.15) is 5.82 Å². The highest BCUT2D eigenvalue weighted by Gasteiger charge is 2.42. The second kappa shape index (κ2) is 7.97. The van der Waals surface area contributed by atoms with Gasteiger partial charge in [-0.2, -0.15) is 0 Å². The fourth-order valence-electron chi connectivity index (χ4n) is 3.69. The zero-order valence-corrected chi connectivity index (χ0v) is 16.9. The number of nitrogens with one attached hydrogen (secondary N) is 1. The minimum atomic E-state index is -0.982. The smallest absolute Gasteiger partial charge is 0.271 e. The van der Waals surface area contributed by atoms with Gasteiger partial charge in [0, 0.05) is 26.2 Å². The number of rotatable bonds is 3. The first-order valence-electron chi connectivity index (χ1n) is 9.30. The molecule has 1 saturated heterocycles. The van der Waals surface area contributed by atoms with Gasteiger partial charge < -0.3 is 19.9 Å². The molecule has 1 fully saturated rings. The number of nitrogens with zero attached hydrogens (tertiary/aromatic N) is 2. The summed E-state index contributed by atoms with van der Waals surface area (Å²) in [6.07, 6.45) is 0. The largest absolute Gasteiger partial charge is 0.474 e. The summed E-state index contributed by atoms with van der Waals surface area (Å²) in [5.41, 5.74) is 1.50. The first-order chi connectivity index (χ1) is 13.0. The molecule has 0 radical (unpaired) electrons. The van der Waals surface area contributed by atoms with E-state index in [1.54, 1.807) is 24.8 Å². The van der Waals surface area contributed by atoms with Gasteiger partial charge in [0.2, 0.25) is 0 Å². The number of ether oxygens (including phenoxy) is 1. The third kappa shape index (κ3) is 3.80. The molecular formula is C21H25ClFN3O2. The number of piperazine rings is 1. The van der Waals surface area contributed by atoms with E-state index < -0.39 is 5.60 Å². The molecule has 2 aliphatic rings. The summed E-state index contributed by atoms with van der Waals surface area (Å²) in [7, 11) is 0. The Morgan fingerprint density at radius 1 is 1.11 bits per heavy atom. The summed E-state index contributed by atoms with van der Waals surface area (Å²) in [6.45, 7) is 7.48. The van der Waals surface area contributed by atoms with Gasteiger partial charge in [-0.1, -0.05) is 18.2 Å². The average molecular weight is 406 g/mol. The number of para-hydroxylation sites is 1. The van der Waals surface area contributed by atoms with Crippen molar-refractivity contribution in [3.63, 3.8) is 0 Å². The van der Waals surface area contributed by atoms with Crippen LogP contribution in [0.4, 0.5) is 15.8 Å². The molecule has 0 aliphatic carbocycles. The number of amides is 1. The molecule has 4 rings (SSSR count). The van der Waals surface area contributed by atoms with E-state index in [9.17, 15) is 9.18 Å². The number of anilines is 2. The van der Waals surface area contributed by atoms with E-state index in [-0.39, 0.29) is 24.1 Å². The van der Waals surface area contributed by atoms with Crippen molar-refractivity contribution in [1.29, 1.82) is 0 Å². The van der Waals surface area contributed by atoms with Gasteiger partial charge in [0.05, 0.1) is 17.9 Å². The quantitative estimate of drug-likeness (QED) is 0.850. The van der Waals surface area contributed by atoms with Gasteiger partial charge >= 0.3 is 0 Å². The molecule has 28 heavy (non-hydrogen) atoms. The summed E-state index contributed by atoms with van der Waals surface area (Å²) in [5, 5.41) is 3.35. The maximum atomic E-state index is 13.6. The van der Waals surface area contributed by atoms with E-state index in [2.05, 4.69) is 10.2 Å². The number of carbonyl (C=O) groups excluding carboxylic acids is 1. The number of hydrogen-bond acceptors (Lipinski definition) is 4. The van der Waals surface area contributed by atoms with Gasteiger partial charge in [-0.25, -0.2) is 4.39 Å². The lowest BCUT2D eigenvalue weighted by Crippen LogP contribution is -2.52. The van der Waals surface area contributed by atoms with Gasteiger partial charge in [-0.05, 0) is 43.7 Å². The summed E-state index contributed by atoms with van der Waals surface area (Å²) >= 11 is 0. The monoisotopic (exact) mass is 405 g/mol. The molecule has 1 amide bonds. The fraction of sp³-hybridized carbons (Fsp3) is 0.381. The van der Waals surface area contributed by atoms with Gasteiger partial charge in [0.15, 0.2) is 11.4 Å². The van der Waals surface area contributed by atoms with Crippen molar-refractivity contribution in [3.8, 4) is 5.75 Å².